The van der Waals surface area contributed by atoms with Crippen molar-refractivity contribution in [3.63, 3.8) is 0 Å². The third-order valence-electron chi connectivity index (χ3n) is 3.70. The van der Waals surface area contributed by atoms with Gasteiger partial charge in [-0.15, -0.1) is 0 Å². The summed E-state index contributed by atoms with van der Waals surface area (Å²) in [5.74, 6) is 0.647. The van der Waals surface area contributed by atoms with Crippen LogP contribution < -0.4 is 0 Å². The molecule has 1 amide bonds. The Balaban J connectivity index is 1.68. The van der Waals surface area contributed by atoms with Gasteiger partial charge in [0.25, 0.3) is 5.91 Å². The predicted molar refractivity (Wildman–Crippen MR) is 108 cm³/mol. The lowest BCUT2D eigenvalue weighted by molar-refractivity contribution is -0.114. The van der Waals surface area contributed by atoms with Gasteiger partial charge < -0.3 is 4.42 Å². The minimum absolute atomic E-state index is 0.0406. The largest absolute Gasteiger partial charge is 0.457 e. The van der Waals surface area contributed by atoms with Crippen molar-refractivity contribution in [2.45, 2.75) is 0 Å². The molecule has 0 unspecified atom stereocenters. The molecule has 3 heterocycles. The van der Waals surface area contributed by atoms with Crippen LogP contribution in [0.5, 0.6) is 0 Å². The molecule has 0 aliphatic carbocycles. The van der Waals surface area contributed by atoms with E-state index in [4.69, 9.17) is 21.4 Å². The second-order valence-electron chi connectivity index (χ2n) is 5.32. The summed E-state index contributed by atoms with van der Waals surface area (Å²) in [5, 5.41) is 10.0. The fourth-order valence-electron chi connectivity index (χ4n) is 2.50. The van der Waals surface area contributed by atoms with Gasteiger partial charge in [-0.05, 0) is 36.6 Å². The average Bonchev–Trinajstić information content (AvgIpc) is 3.25. The number of hydrogen-bond donors (Lipinski definition) is 1. The molecule has 26 heavy (non-hydrogen) atoms. The Hall–Kier alpha value is -2.29. The zero-order valence-corrected chi connectivity index (χ0v) is 15.8. The number of rotatable bonds is 2. The number of amidine groups is 3. The molecule has 2 aromatic rings. The maximum atomic E-state index is 12.3. The first-order valence-electron chi connectivity index (χ1n) is 7.45. The maximum absolute atomic E-state index is 12.3. The molecule has 1 aromatic heterocycles. The van der Waals surface area contributed by atoms with Crippen molar-refractivity contribution in [1.29, 1.82) is 5.41 Å². The van der Waals surface area contributed by atoms with Gasteiger partial charge in [0, 0.05) is 10.6 Å². The minimum atomic E-state index is -0.480. The first-order chi connectivity index (χ1) is 12.6. The number of carbonyl (C=O) groups is 1. The molecule has 6 nitrogen and oxygen atoms in total. The van der Waals surface area contributed by atoms with E-state index < -0.39 is 5.91 Å². The van der Waals surface area contributed by atoms with E-state index in [-0.39, 0.29) is 11.4 Å². The van der Waals surface area contributed by atoms with Gasteiger partial charge >= 0.3 is 0 Å². The van der Waals surface area contributed by atoms with Crippen LogP contribution in [0.4, 0.5) is 0 Å². The number of thioether (sulfide) groups is 1. The van der Waals surface area contributed by atoms with Gasteiger partial charge in [-0.2, -0.15) is 9.39 Å². The first-order valence-corrected chi connectivity index (χ1v) is 9.83. The van der Waals surface area contributed by atoms with Crippen molar-refractivity contribution >= 4 is 63.5 Å². The number of carbonyl (C=O) groups excluding carboxylic acids is 1. The highest BCUT2D eigenvalue weighted by molar-refractivity contribution is 8.18. The number of hydrogen-bond acceptors (Lipinski definition) is 6. The summed E-state index contributed by atoms with van der Waals surface area (Å²) in [6, 6.07) is 10.8. The van der Waals surface area contributed by atoms with Gasteiger partial charge in [0.05, 0.1) is 17.5 Å². The Morgan fingerprint density at radius 3 is 2.96 bits per heavy atom. The number of amides is 1. The standard InChI is InChI=1S/C17H11ClN4O2S2/c1-25-17-21-26-16-20-15(23)12(14(19)22(16)17)8-11-5-6-13(24-11)9-3-2-4-10(18)7-9/h2-8,19H,1H3/b12-8-,19-14?. The van der Waals surface area contributed by atoms with Crippen molar-refractivity contribution in [3.05, 3.63) is 52.8 Å². The Kier molecular flexibility index (Phi) is 4.47. The zero-order chi connectivity index (χ0) is 18.3. The summed E-state index contributed by atoms with van der Waals surface area (Å²) >= 11 is 8.50. The molecule has 9 heteroatoms. The molecule has 0 saturated heterocycles. The highest BCUT2D eigenvalue weighted by Crippen LogP contribution is 2.32. The van der Waals surface area contributed by atoms with E-state index >= 15 is 0 Å². The summed E-state index contributed by atoms with van der Waals surface area (Å²) in [4.78, 5) is 17.9. The molecule has 0 fully saturated rings. The summed E-state index contributed by atoms with van der Waals surface area (Å²) in [6.07, 6.45) is 3.39. The number of halogens is 1. The molecule has 1 N–H and O–H groups in total. The first kappa shape index (κ1) is 17.1. The smallest absolute Gasteiger partial charge is 0.283 e. The number of nitrogens with zero attached hydrogens (tertiary/aromatic N) is 3. The fourth-order valence-corrected chi connectivity index (χ4v) is 4.14. The summed E-state index contributed by atoms with van der Waals surface area (Å²) in [7, 11) is 0. The van der Waals surface area contributed by atoms with Crippen LogP contribution in [0.25, 0.3) is 17.4 Å². The third kappa shape index (κ3) is 3.00. The van der Waals surface area contributed by atoms with E-state index in [0.29, 0.717) is 26.9 Å². The average molecular weight is 403 g/mol. The summed E-state index contributed by atoms with van der Waals surface area (Å²) < 4.78 is 10.0. The number of benzene rings is 1. The van der Waals surface area contributed by atoms with Crippen molar-refractivity contribution in [3.8, 4) is 11.3 Å². The quantitative estimate of drug-likeness (QED) is 0.589. The summed E-state index contributed by atoms with van der Waals surface area (Å²) in [6.45, 7) is 0. The molecule has 0 spiro atoms. The summed E-state index contributed by atoms with van der Waals surface area (Å²) in [5.41, 5.74) is 0.991. The SMILES string of the molecule is CSC1=NSC2=NC(=O)/C(=C\c3ccc(-c4cccc(Cl)c4)o3)C(=N)N12. The Labute approximate surface area is 162 Å². The van der Waals surface area contributed by atoms with Gasteiger partial charge in [0.15, 0.2) is 5.17 Å². The van der Waals surface area contributed by atoms with Crippen LogP contribution in [0.2, 0.25) is 5.02 Å². The predicted octanol–water partition coefficient (Wildman–Crippen LogP) is 4.54. The zero-order valence-electron chi connectivity index (χ0n) is 13.4. The molecule has 0 atom stereocenters. The minimum Gasteiger partial charge on any atom is -0.457 e. The molecule has 1 aromatic carbocycles. The van der Waals surface area contributed by atoms with Crippen molar-refractivity contribution in [1.82, 2.24) is 4.90 Å². The van der Waals surface area contributed by atoms with Crippen LogP contribution in [-0.2, 0) is 4.79 Å². The molecule has 2 aliphatic rings. The molecule has 0 saturated carbocycles. The topological polar surface area (TPSA) is 82.0 Å². The van der Waals surface area contributed by atoms with Crippen LogP contribution in [0, 0.1) is 5.41 Å². The second-order valence-corrected chi connectivity index (χ2v) is 7.26. The van der Waals surface area contributed by atoms with E-state index in [1.54, 1.807) is 29.2 Å². The van der Waals surface area contributed by atoms with Crippen molar-refractivity contribution < 1.29 is 9.21 Å². The van der Waals surface area contributed by atoms with E-state index in [9.17, 15) is 4.79 Å². The lowest BCUT2D eigenvalue weighted by atomic mass is 10.1. The van der Waals surface area contributed by atoms with Crippen molar-refractivity contribution in [2.75, 3.05) is 6.26 Å². The van der Waals surface area contributed by atoms with Crippen LogP contribution in [0.3, 0.4) is 0 Å². The van der Waals surface area contributed by atoms with Crippen LogP contribution in [0.1, 0.15) is 5.76 Å². The van der Waals surface area contributed by atoms with E-state index in [1.165, 1.54) is 17.8 Å². The van der Waals surface area contributed by atoms with E-state index in [1.807, 2.05) is 18.4 Å². The van der Waals surface area contributed by atoms with Gasteiger partial charge in [-0.3, -0.25) is 10.2 Å². The number of furan rings is 1. The third-order valence-corrected chi connectivity index (χ3v) is 5.39. The highest BCUT2D eigenvalue weighted by Gasteiger charge is 2.37. The van der Waals surface area contributed by atoms with Crippen LogP contribution >= 0.6 is 35.3 Å². The normalized spacial score (nSPS) is 18.2. The molecule has 0 radical (unpaired) electrons. The van der Waals surface area contributed by atoms with Crippen LogP contribution in [-0.4, -0.2) is 33.2 Å². The lowest BCUT2D eigenvalue weighted by Crippen LogP contribution is -2.41. The van der Waals surface area contributed by atoms with Crippen molar-refractivity contribution in [2.24, 2.45) is 9.39 Å². The number of nitrogens with one attached hydrogen (secondary N) is 1. The number of fused-ring (bicyclic) bond motifs is 1. The Bertz CT molecular complexity index is 1030. The lowest BCUT2D eigenvalue weighted by Gasteiger charge is -2.23. The molecular formula is C17H11ClN4O2S2. The second kappa shape index (κ2) is 6.79. The maximum Gasteiger partial charge on any atom is 0.283 e. The van der Waals surface area contributed by atoms with Gasteiger partial charge in [-0.1, -0.05) is 35.5 Å². The highest BCUT2D eigenvalue weighted by atomic mass is 35.5. The molecule has 2 aliphatic heterocycles. The molecular weight excluding hydrogens is 392 g/mol. The van der Waals surface area contributed by atoms with Gasteiger partial charge in [0.1, 0.15) is 17.4 Å². The molecule has 130 valence electrons. The Morgan fingerprint density at radius 2 is 2.19 bits per heavy atom. The fraction of sp³-hybridized carbons (Fsp3) is 0.0588. The molecule has 0 bridgehead atoms. The number of aliphatic imine (C=N–C) groups is 1. The van der Waals surface area contributed by atoms with E-state index in [2.05, 4.69) is 9.39 Å². The van der Waals surface area contributed by atoms with Gasteiger partial charge in [-0.25, -0.2) is 4.90 Å². The van der Waals surface area contributed by atoms with E-state index in [0.717, 1.165) is 17.5 Å². The molecule has 4 rings (SSSR count). The van der Waals surface area contributed by atoms with Crippen LogP contribution in [0.15, 0.2) is 55.8 Å². The Morgan fingerprint density at radius 1 is 1.35 bits per heavy atom. The van der Waals surface area contributed by atoms with Gasteiger partial charge in [0.2, 0.25) is 5.17 Å². The monoisotopic (exact) mass is 402 g/mol.